The van der Waals surface area contributed by atoms with Gasteiger partial charge in [0.2, 0.25) is 5.91 Å². The summed E-state index contributed by atoms with van der Waals surface area (Å²) in [6, 6.07) is 9.87. The molecule has 0 heterocycles. The lowest BCUT2D eigenvalue weighted by molar-refractivity contribution is -0.129. The Kier molecular flexibility index (Phi) is 6.67. The molecular formula is C13H18ClNO2. The Morgan fingerprint density at radius 2 is 2.06 bits per heavy atom. The Hall–Kier alpha value is -1.06. The molecule has 1 aromatic carbocycles. The van der Waals surface area contributed by atoms with E-state index < -0.39 is 0 Å². The van der Waals surface area contributed by atoms with E-state index >= 15 is 0 Å². The van der Waals surface area contributed by atoms with Crippen molar-refractivity contribution in [1.82, 2.24) is 4.90 Å². The van der Waals surface area contributed by atoms with Crippen molar-refractivity contribution in [2.24, 2.45) is 0 Å². The molecule has 0 aliphatic heterocycles. The molecule has 17 heavy (non-hydrogen) atoms. The summed E-state index contributed by atoms with van der Waals surface area (Å²) in [5.74, 6) is -0.0471. The largest absolute Gasteiger partial charge is 0.380 e. The molecule has 0 radical (unpaired) electrons. The first-order valence-corrected chi connectivity index (χ1v) is 6.26. The van der Waals surface area contributed by atoms with Gasteiger partial charge in [-0.15, -0.1) is 11.6 Å². The highest BCUT2D eigenvalue weighted by molar-refractivity contribution is 6.27. The maximum atomic E-state index is 11.6. The molecule has 0 aliphatic carbocycles. The molecule has 0 saturated carbocycles. The number of carbonyl (C=O) groups excluding carboxylic acids is 1. The second-order valence-electron chi connectivity index (χ2n) is 3.63. The van der Waals surface area contributed by atoms with Crippen LogP contribution in [0.25, 0.3) is 0 Å². The summed E-state index contributed by atoms with van der Waals surface area (Å²) >= 11 is 5.59. The smallest absolute Gasteiger partial charge is 0.237 e. The van der Waals surface area contributed by atoms with E-state index in [4.69, 9.17) is 16.3 Å². The number of nitrogens with zero attached hydrogens (tertiary/aromatic N) is 1. The third kappa shape index (κ3) is 5.20. The van der Waals surface area contributed by atoms with Gasteiger partial charge in [-0.1, -0.05) is 30.3 Å². The van der Waals surface area contributed by atoms with Gasteiger partial charge in [0.1, 0.15) is 5.88 Å². The quantitative estimate of drug-likeness (QED) is 0.553. The van der Waals surface area contributed by atoms with E-state index in [0.717, 1.165) is 5.56 Å². The van der Waals surface area contributed by atoms with Crippen LogP contribution in [0.2, 0.25) is 0 Å². The lowest BCUT2D eigenvalue weighted by Crippen LogP contribution is -2.34. The fourth-order valence-corrected chi connectivity index (χ4v) is 1.67. The molecule has 0 saturated heterocycles. The average Bonchev–Trinajstić information content (AvgIpc) is 2.38. The second kappa shape index (κ2) is 8.09. The normalized spacial score (nSPS) is 10.2. The summed E-state index contributed by atoms with van der Waals surface area (Å²) in [6.07, 6.45) is 0. The van der Waals surface area contributed by atoms with Gasteiger partial charge >= 0.3 is 0 Å². The van der Waals surface area contributed by atoms with Gasteiger partial charge in [0.25, 0.3) is 0 Å². The zero-order valence-corrected chi connectivity index (χ0v) is 10.8. The first-order chi connectivity index (χ1) is 8.27. The van der Waals surface area contributed by atoms with Gasteiger partial charge in [-0.25, -0.2) is 0 Å². The van der Waals surface area contributed by atoms with Crippen LogP contribution < -0.4 is 0 Å². The summed E-state index contributed by atoms with van der Waals surface area (Å²) in [7, 11) is 0. The number of rotatable bonds is 7. The van der Waals surface area contributed by atoms with Gasteiger partial charge in [0, 0.05) is 19.7 Å². The van der Waals surface area contributed by atoms with E-state index in [1.165, 1.54) is 0 Å². The lowest BCUT2D eigenvalue weighted by Gasteiger charge is -2.21. The number of halogens is 1. The molecule has 1 amide bonds. The summed E-state index contributed by atoms with van der Waals surface area (Å²) in [5, 5.41) is 0. The van der Waals surface area contributed by atoms with Crippen molar-refractivity contribution in [3.05, 3.63) is 35.9 Å². The Bertz CT molecular complexity index is 329. The number of amides is 1. The van der Waals surface area contributed by atoms with Gasteiger partial charge < -0.3 is 9.64 Å². The van der Waals surface area contributed by atoms with Crippen molar-refractivity contribution < 1.29 is 9.53 Å². The molecule has 94 valence electrons. The van der Waals surface area contributed by atoms with Crippen molar-refractivity contribution in [3.8, 4) is 0 Å². The van der Waals surface area contributed by atoms with Gasteiger partial charge in [-0.05, 0) is 12.5 Å². The van der Waals surface area contributed by atoms with Gasteiger partial charge in [0.05, 0.1) is 6.61 Å². The predicted molar refractivity (Wildman–Crippen MR) is 69.1 cm³/mol. The monoisotopic (exact) mass is 255 g/mol. The Balaban J connectivity index is 2.54. The van der Waals surface area contributed by atoms with E-state index in [0.29, 0.717) is 26.3 Å². The number of hydrogen-bond donors (Lipinski definition) is 0. The predicted octanol–water partition coefficient (Wildman–Crippen LogP) is 2.29. The van der Waals surface area contributed by atoms with E-state index in [1.807, 2.05) is 37.3 Å². The molecule has 4 heteroatoms. The fourth-order valence-electron chi connectivity index (χ4n) is 1.50. The van der Waals surface area contributed by atoms with Crippen LogP contribution in [0, 0.1) is 0 Å². The summed E-state index contributed by atoms with van der Waals surface area (Å²) < 4.78 is 5.26. The van der Waals surface area contributed by atoms with Gasteiger partial charge in [-0.3, -0.25) is 4.79 Å². The van der Waals surface area contributed by atoms with Crippen LogP contribution in [0.4, 0.5) is 0 Å². The second-order valence-corrected chi connectivity index (χ2v) is 3.90. The standard InChI is InChI=1S/C13H18ClNO2/c1-2-17-9-8-15(13(16)10-14)11-12-6-4-3-5-7-12/h3-7H,2,8-11H2,1H3. The molecule has 0 spiro atoms. The molecule has 3 nitrogen and oxygen atoms in total. The zero-order chi connectivity index (χ0) is 12.5. The molecule has 0 N–H and O–H groups in total. The maximum absolute atomic E-state index is 11.6. The number of hydrogen-bond acceptors (Lipinski definition) is 2. The Labute approximate surface area is 107 Å². The molecule has 0 aromatic heterocycles. The van der Waals surface area contributed by atoms with Crippen molar-refractivity contribution in [3.63, 3.8) is 0 Å². The van der Waals surface area contributed by atoms with E-state index in [1.54, 1.807) is 4.90 Å². The zero-order valence-electron chi connectivity index (χ0n) is 10.1. The SMILES string of the molecule is CCOCCN(Cc1ccccc1)C(=O)CCl. The van der Waals surface area contributed by atoms with E-state index in [-0.39, 0.29) is 11.8 Å². The summed E-state index contributed by atoms with van der Waals surface area (Å²) in [5.41, 5.74) is 1.10. The highest BCUT2D eigenvalue weighted by atomic mass is 35.5. The Morgan fingerprint density at radius 1 is 1.35 bits per heavy atom. The number of alkyl halides is 1. The van der Waals surface area contributed by atoms with Crippen molar-refractivity contribution in [1.29, 1.82) is 0 Å². The van der Waals surface area contributed by atoms with Crippen LogP contribution in [0.15, 0.2) is 30.3 Å². The minimum Gasteiger partial charge on any atom is -0.380 e. The number of carbonyl (C=O) groups is 1. The molecule has 1 aromatic rings. The molecule has 0 fully saturated rings. The third-order valence-electron chi connectivity index (χ3n) is 2.39. The molecule has 0 aliphatic rings. The number of ether oxygens (including phenoxy) is 1. The topological polar surface area (TPSA) is 29.5 Å². The van der Waals surface area contributed by atoms with E-state index in [2.05, 4.69) is 0 Å². The first-order valence-electron chi connectivity index (χ1n) is 5.73. The molecule has 0 unspecified atom stereocenters. The molecular weight excluding hydrogens is 238 g/mol. The Morgan fingerprint density at radius 3 is 2.65 bits per heavy atom. The number of benzene rings is 1. The fraction of sp³-hybridized carbons (Fsp3) is 0.462. The highest BCUT2D eigenvalue weighted by Gasteiger charge is 2.12. The highest BCUT2D eigenvalue weighted by Crippen LogP contribution is 2.05. The summed E-state index contributed by atoms with van der Waals surface area (Å²) in [6.45, 7) is 4.30. The van der Waals surface area contributed by atoms with Crippen molar-refractivity contribution >= 4 is 17.5 Å². The van der Waals surface area contributed by atoms with Crippen molar-refractivity contribution in [2.45, 2.75) is 13.5 Å². The minimum atomic E-state index is -0.0600. The summed E-state index contributed by atoms with van der Waals surface area (Å²) in [4.78, 5) is 13.4. The molecule has 0 bridgehead atoms. The molecule has 0 atom stereocenters. The van der Waals surface area contributed by atoms with Gasteiger partial charge in [-0.2, -0.15) is 0 Å². The van der Waals surface area contributed by atoms with Crippen LogP contribution in [0.3, 0.4) is 0 Å². The lowest BCUT2D eigenvalue weighted by atomic mass is 10.2. The minimum absolute atomic E-state index is 0.0129. The van der Waals surface area contributed by atoms with Crippen LogP contribution in [-0.2, 0) is 16.1 Å². The maximum Gasteiger partial charge on any atom is 0.237 e. The molecule has 1 rings (SSSR count). The van der Waals surface area contributed by atoms with Gasteiger partial charge in [0.15, 0.2) is 0 Å². The first kappa shape index (κ1) is 14.0. The third-order valence-corrected chi connectivity index (χ3v) is 2.62. The van der Waals surface area contributed by atoms with Crippen LogP contribution in [-0.4, -0.2) is 36.4 Å². The average molecular weight is 256 g/mol. The van der Waals surface area contributed by atoms with Crippen LogP contribution in [0.5, 0.6) is 0 Å². The van der Waals surface area contributed by atoms with E-state index in [9.17, 15) is 4.79 Å². The van der Waals surface area contributed by atoms with Crippen LogP contribution in [0.1, 0.15) is 12.5 Å². The van der Waals surface area contributed by atoms with Crippen LogP contribution >= 0.6 is 11.6 Å². The van der Waals surface area contributed by atoms with Crippen molar-refractivity contribution in [2.75, 3.05) is 25.6 Å².